The molecule has 0 spiro atoms. The number of nitrogens with zero attached hydrogens (tertiary/aromatic N) is 2. The largest absolute Gasteiger partial charge is 0.336 e. The average Bonchev–Trinajstić information content (AvgIpc) is 2.67. The van der Waals surface area contributed by atoms with Gasteiger partial charge in [0.15, 0.2) is 0 Å². The Morgan fingerprint density at radius 2 is 1.81 bits per heavy atom. The van der Waals surface area contributed by atoms with Gasteiger partial charge < -0.3 is 4.90 Å². The zero-order valence-electron chi connectivity index (χ0n) is 15.4. The number of fused-ring (bicyclic) bond motifs is 1. The minimum atomic E-state index is 0.0359. The molecule has 3 rings (SSSR count). The van der Waals surface area contributed by atoms with Gasteiger partial charge in [-0.05, 0) is 38.5 Å². The number of pyridine rings is 1. The van der Waals surface area contributed by atoms with Crippen LogP contribution in [0.3, 0.4) is 0 Å². The Labute approximate surface area is 159 Å². The van der Waals surface area contributed by atoms with Crippen LogP contribution in [-0.2, 0) is 0 Å². The Balaban J connectivity index is 2.21. The van der Waals surface area contributed by atoms with Gasteiger partial charge in [-0.15, -0.1) is 0 Å². The lowest BCUT2D eigenvalue weighted by atomic mass is 10.0. The third-order valence-electron chi connectivity index (χ3n) is 4.82. The monoisotopic (exact) mass is 366 g/mol. The van der Waals surface area contributed by atoms with Gasteiger partial charge in [-0.3, -0.25) is 4.79 Å². The van der Waals surface area contributed by atoms with E-state index in [1.54, 1.807) is 0 Å². The van der Waals surface area contributed by atoms with Crippen molar-refractivity contribution < 1.29 is 4.79 Å². The molecule has 0 radical (unpaired) electrons. The Morgan fingerprint density at radius 3 is 2.50 bits per heavy atom. The molecular weight excluding hydrogens is 344 g/mol. The predicted molar refractivity (Wildman–Crippen MR) is 109 cm³/mol. The Morgan fingerprint density at radius 1 is 1.12 bits per heavy atom. The summed E-state index contributed by atoms with van der Waals surface area (Å²) >= 11 is 6.37. The van der Waals surface area contributed by atoms with Gasteiger partial charge in [0.2, 0.25) is 0 Å². The van der Waals surface area contributed by atoms with Crippen molar-refractivity contribution in [3.63, 3.8) is 0 Å². The minimum absolute atomic E-state index is 0.0359. The summed E-state index contributed by atoms with van der Waals surface area (Å²) in [5, 5.41) is 1.50. The van der Waals surface area contributed by atoms with Gasteiger partial charge in [-0.25, -0.2) is 4.98 Å². The summed E-state index contributed by atoms with van der Waals surface area (Å²) in [4.78, 5) is 20.0. The second-order valence-electron chi connectivity index (χ2n) is 6.40. The highest BCUT2D eigenvalue weighted by molar-refractivity contribution is 6.33. The van der Waals surface area contributed by atoms with E-state index < -0.39 is 0 Å². The SMILES string of the molecule is CCC(C)N(CC)C(=O)c1cc(-c2ccccc2Cl)nc2ccccc12. The van der Waals surface area contributed by atoms with Crippen molar-refractivity contribution in [3.8, 4) is 11.3 Å². The third-order valence-corrected chi connectivity index (χ3v) is 5.15. The van der Waals surface area contributed by atoms with Crippen LogP contribution in [0.2, 0.25) is 5.02 Å². The smallest absolute Gasteiger partial charge is 0.254 e. The maximum Gasteiger partial charge on any atom is 0.254 e. The summed E-state index contributed by atoms with van der Waals surface area (Å²) in [7, 11) is 0. The first-order chi connectivity index (χ1) is 12.6. The molecule has 0 saturated heterocycles. The highest BCUT2D eigenvalue weighted by Crippen LogP contribution is 2.30. The van der Waals surface area contributed by atoms with Crippen LogP contribution in [-0.4, -0.2) is 28.4 Å². The van der Waals surface area contributed by atoms with Crippen LogP contribution in [0.25, 0.3) is 22.2 Å². The van der Waals surface area contributed by atoms with E-state index in [4.69, 9.17) is 16.6 Å². The fourth-order valence-electron chi connectivity index (χ4n) is 3.19. The molecule has 0 aliphatic rings. The molecule has 0 N–H and O–H groups in total. The van der Waals surface area contributed by atoms with Crippen LogP contribution < -0.4 is 0 Å². The minimum Gasteiger partial charge on any atom is -0.336 e. The first kappa shape index (κ1) is 18.4. The van der Waals surface area contributed by atoms with E-state index in [1.165, 1.54) is 0 Å². The van der Waals surface area contributed by atoms with Gasteiger partial charge >= 0.3 is 0 Å². The van der Waals surface area contributed by atoms with Crippen molar-refractivity contribution in [1.29, 1.82) is 0 Å². The third kappa shape index (κ3) is 3.45. The predicted octanol–water partition coefficient (Wildman–Crippen LogP) is 5.82. The summed E-state index contributed by atoms with van der Waals surface area (Å²) < 4.78 is 0. The molecule has 0 saturated carbocycles. The molecule has 0 fully saturated rings. The molecule has 1 unspecified atom stereocenters. The summed E-state index contributed by atoms with van der Waals surface area (Å²) in [6.45, 7) is 6.87. The van der Waals surface area contributed by atoms with E-state index in [2.05, 4.69) is 13.8 Å². The Hall–Kier alpha value is -2.39. The van der Waals surface area contributed by atoms with Crippen LogP contribution in [0, 0.1) is 0 Å². The van der Waals surface area contributed by atoms with Gasteiger partial charge in [0.05, 0.1) is 16.8 Å². The van der Waals surface area contributed by atoms with Gasteiger partial charge in [0.1, 0.15) is 0 Å². The highest BCUT2D eigenvalue weighted by Gasteiger charge is 2.22. The summed E-state index contributed by atoms with van der Waals surface area (Å²) in [6.07, 6.45) is 0.917. The zero-order valence-corrected chi connectivity index (χ0v) is 16.1. The lowest BCUT2D eigenvalue weighted by Crippen LogP contribution is -2.38. The lowest BCUT2D eigenvalue weighted by Gasteiger charge is -2.28. The first-order valence-electron chi connectivity index (χ1n) is 9.02. The molecule has 1 heterocycles. The number of amides is 1. The molecule has 0 aliphatic carbocycles. The van der Waals surface area contributed by atoms with Gasteiger partial charge in [0, 0.05) is 28.6 Å². The second-order valence-corrected chi connectivity index (χ2v) is 6.81. The first-order valence-corrected chi connectivity index (χ1v) is 9.40. The second kappa shape index (κ2) is 7.88. The van der Waals surface area contributed by atoms with Crippen molar-refractivity contribution >= 4 is 28.4 Å². The fourth-order valence-corrected chi connectivity index (χ4v) is 3.42. The zero-order chi connectivity index (χ0) is 18.7. The van der Waals surface area contributed by atoms with E-state index in [0.29, 0.717) is 17.1 Å². The maximum atomic E-state index is 13.3. The number of carbonyl (C=O) groups is 1. The summed E-state index contributed by atoms with van der Waals surface area (Å²) in [5.74, 6) is 0.0359. The van der Waals surface area contributed by atoms with Crippen LogP contribution in [0.5, 0.6) is 0 Å². The highest BCUT2D eigenvalue weighted by atomic mass is 35.5. The van der Waals surface area contributed by atoms with Gasteiger partial charge in [0.25, 0.3) is 5.91 Å². The molecule has 0 aliphatic heterocycles. The fraction of sp³-hybridized carbons (Fsp3) is 0.273. The van der Waals surface area contributed by atoms with Crippen LogP contribution in [0.15, 0.2) is 54.6 Å². The molecule has 3 aromatic rings. The number of benzene rings is 2. The van der Waals surface area contributed by atoms with E-state index in [1.807, 2.05) is 66.4 Å². The van der Waals surface area contributed by atoms with E-state index in [-0.39, 0.29) is 11.9 Å². The number of para-hydroxylation sites is 1. The van der Waals surface area contributed by atoms with Crippen LogP contribution in [0.1, 0.15) is 37.6 Å². The number of aromatic nitrogens is 1. The van der Waals surface area contributed by atoms with Crippen molar-refractivity contribution in [1.82, 2.24) is 9.88 Å². The van der Waals surface area contributed by atoms with Crippen LogP contribution in [0.4, 0.5) is 0 Å². The molecule has 1 amide bonds. The summed E-state index contributed by atoms with van der Waals surface area (Å²) in [5.41, 5.74) is 3.03. The number of carbonyl (C=O) groups excluding carboxylic acids is 1. The van der Waals surface area contributed by atoms with Gasteiger partial charge in [-0.1, -0.05) is 54.9 Å². The molecule has 26 heavy (non-hydrogen) atoms. The number of rotatable bonds is 5. The molecule has 0 bridgehead atoms. The van der Waals surface area contributed by atoms with Crippen LogP contribution >= 0.6 is 11.6 Å². The van der Waals surface area contributed by atoms with Crippen molar-refractivity contribution in [3.05, 3.63) is 65.2 Å². The van der Waals surface area contributed by atoms with E-state index >= 15 is 0 Å². The number of hydrogen-bond donors (Lipinski definition) is 0. The average molecular weight is 367 g/mol. The molecular formula is C22H23ClN2O. The van der Waals surface area contributed by atoms with E-state index in [9.17, 15) is 4.79 Å². The van der Waals surface area contributed by atoms with E-state index in [0.717, 1.165) is 28.6 Å². The van der Waals surface area contributed by atoms with Crippen molar-refractivity contribution in [2.24, 2.45) is 0 Å². The molecule has 2 aromatic carbocycles. The maximum absolute atomic E-state index is 13.3. The standard InChI is InChI=1S/C22H23ClN2O/c1-4-15(3)25(5-2)22(26)18-14-21(17-11-6-8-12-19(17)23)24-20-13-9-7-10-16(18)20/h6-15H,4-5H2,1-3H3. The quantitative estimate of drug-likeness (QED) is 0.570. The lowest BCUT2D eigenvalue weighted by molar-refractivity contribution is 0.0702. The number of halogens is 1. The topological polar surface area (TPSA) is 33.2 Å². The van der Waals surface area contributed by atoms with Crippen molar-refractivity contribution in [2.45, 2.75) is 33.2 Å². The van der Waals surface area contributed by atoms with Crippen molar-refractivity contribution in [2.75, 3.05) is 6.54 Å². The Kier molecular flexibility index (Phi) is 5.58. The molecule has 1 atom stereocenters. The molecule has 4 heteroatoms. The molecule has 134 valence electrons. The summed E-state index contributed by atoms with van der Waals surface area (Å²) in [6, 6.07) is 17.4. The molecule has 1 aromatic heterocycles. The molecule has 3 nitrogen and oxygen atoms in total. The Bertz CT molecular complexity index is 938. The normalized spacial score (nSPS) is 12.2. The van der Waals surface area contributed by atoms with Gasteiger partial charge in [-0.2, -0.15) is 0 Å². The number of hydrogen-bond acceptors (Lipinski definition) is 2.